The van der Waals surface area contributed by atoms with Gasteiger partial charge in [-0.25, -0.2) is 0 Å². The second-order valence-electron chi connectivity index (χ2n) is 6.28. The van der Waals surface area contributed by atoms with Crippen molar-refractivity contribution in [2.45, 2.75) is 31.5 Å². The predicted octanol–water partition coefficient (Wildman–Crippen LogP) is 4.14. The van der Waals surface area contributed by atoms with E-state index in [4.69, 9.17) is 4.74 Å². The van der Waals surface area contributed by atoms with Crippen molar-refractivity contribution in [3.8, 4) is 11.5 Å². The quantitative estimate of drug-likeness (QED) is 0.339. The maximum absolute atomic E-state index is 12.6. The highest BCUT2D eigenvalue weighted by Crippen LogP contribution is 2.40. The van der Waals surface area contributed by atoms with Gasteiger partial charge in [-0.1, -0.05) is 30.3 Å². The normalized spacial score (nSPS) is 18.2. The Kier molecular flexibility index (Phi) is 8.28. The maximum atomic E-state index is 12.6. The Hall–Kier alpha value is -2.10. The van der Waals surface area contributed by atoms with Crippen molar-refractivity contribution >= 4 is 29.9 Å². The molecule has 2 unspecified atom stereocenters. The van der Waals surface area contributed by atoms with E-state index in [1.165, 1.54) is 18.7 Å². The fraction of sp³-hybridized carbons (Fsp3) is 0.350. The minimum atomic E-state index is -2.88. The fourth-order valence-electron chi connectivity index (χ4n) is 3.00. The van der Waals surface area contributed by atoms with Crippen LogP contribution in [-0.2, 0) is 6.54 Å². The van der Waals surface area contributed by atoms with E-state index in [2.05, 4.69) is 32.5 Å². The number of aliphatic imine (C=N–C) groups is 1. The molecule has 1 fully saturated rings. The van der Waals surface area contributed by atoms with Crippen molar-refractivity contribution in [1.82, 2.24) is 10.6 Å². The van der Waals surface area contributed by atoms with Crippen LogP contribution in [0, 0.1) is 0 Å². The van der Waals surface area contributed by atoms with Crippen molar-refractivity contribution < 1.29 is 18.3 Å². The molecule has 1 aliphatic carbocycles. The van der Waals surface area contributed by atoms with E-state index < -0.39 is 6.61 Å². The van der Waals surface area contributed by atoms with Gasteiger partial charge in [-0.05, 0) is 30.2 Å². The van der Waals surface area contributed by atoms with Gasteiger partial charge in [-0.3, -0.25) is 4.99 Å². The summed E-state index contributed by atoms with van der Waals surface area (Å²) in [4.78, 5) is 4.22. The molecule has 0 amide bonds. The lowest BCUT2D eigenvalue weighted by Gasteiger charge is -2.15. The van der Waals surface area contributed by atoms with Crippen LogP contribution in [0.4, 0.5) is 8.78 Å². The summed E-state index contributed by atoms with van der Waals surface area (Å²) in [5.41, 5.74) is 1.86. The zero-order valence-electron chi connectivity index (χ0n) is 15.7. The summed E-state index contributed by atoms with van der Waals surface area (Å²) in [6.45, 7) is -2.60. The zero-order valence-corrected chi connectivity index (χ0v) is 18.0. The number of nitrogens with zero attached hydrogens (tertiary/aromatic N) is 1. The summed E-state index contributed by atoms with van der Waals surface area (Å²) in [5, 5.41) is 6.52. The molecule has 2 N–H and O–H groups in total. The van der Waals surface area contributed by atoms with E-state index in [1.807, 2.05) is 18.2 Å². The van der Waals surface area contributed by atoms with Gasteiger partial charge in [-0.2, -0.15) is 8.78 Å². The molecule has 0 aliphatic heterocycles. The number of rotatable bonds is 7. The lowest BCUT2D eigenvalue weighted by atomic mass is 10.1. The zero-order chi connectivity index (χ0) is 19.2. The number of benzene rings is 2. The van der Waals surface area contributed by atoms with E-state index in [1.54, 1.807) is 19.2 Å². The molecule has 8 heteroatoms. The summed E-state index contributed by atoms with van der Waals surface area (Å²) in [6.07, 6.45) is 1.03. The van der Waals surface area contributed by atoms with Gasteiger partial charge in [0, 0.05) is 31.1 Å². The number of hydrogen-bond acceptors (Lipinski definition) is 3. The minimum absolute atomic E-state index is 0. The highest BCUT2D eigenvalue weighted by atomic mass is 127. The van der Waals surface area contributed by atoms with Crippen LogP contribution in [0.15, 0.2) is 53.5 Å². The summed E-state index contributed by atoms with van der Waals surface area (Å²) in [7, 11) is 3.20. The molecule has 0 aromatic heterocycles. The van der Waals surface area contributed by atoms with Crippen LogP contribution in [0.1, 0.15) is 23.5 Å². The third kappa shape index (κ3) is 5.95. The average molecular weight is 503 g/mol. The SMILES string of the molecule is CN=C(NCc1cc(OC)ccc1OC(F)F)NC1CC1c1ccccc1.I. The largest absolute Gasteiger partial charge is 0.497 e. The molecule has 5 nitrogen and oxygen atoms in total. The number of nitrogens with one attached hydrogen (secondary N) is 2. The van der Waals surface area contributed by atoms with E-state index in [9.17, 15) is 8.78 Å². The van der Waals surface area contributed by atoms with Crippen molar-refractivity contribution in [3.05, 3.63) is 59.7 Å². The van der Waals surface area contributed by atoms with Gasteiger partial charge >= 0.3 is 6.61 Å². The maximum Gasteiger partial charge on any atom is 0.387 e. The van der Waals surface area contributed by atoms with Crippen LogP contribution in [0.3, 0.4) is 0 Å². The molecule has 28 heavy (non-hydrogen) atoms. The molecule has 3 rings (SSSR count). The van der Waals surface area contributed by atoms with Crippen LogP contribution in [0.25, 0.3) is 0 Å². The molecule has 1 saturated carbocycles. The smallest absolute Gasteiger partial charge is 0.387 e. The molecule has 0 radical (unpaired) electrons. The van der Waals surface area contributed by atoms with Gasteiger partial charge < -0.3 is 20.1 Å². The summed E-state index contributed by atoms with van der Waals surface area (Å²) in [6, 6.07) is 15.3. The second-order valence-corrected chi connectivity index (χ2v) is 6.28. The molecule has 2 aromatic carbocycles. The van der Waals surface area contributed by atoms with Crippen molar-refractivity contribution in [2.75, 3.05) is 14.2 Å². The molecule has 0 heterocycles. The van der Waals surface area contributed by atoms with Crippen LogP contribution in [0.2, 0.25) is 0 Å². The third-order valence-electron chi connectivity index (χ3n) is 4.49. The topological polar surface area (TPSA) is 54.9 Å². The lowest BCUT2D eigenvalue weighted by Crippen LogP contribution is -2.38. The molecule has 0 bridgehead atoms. The monoisotopic (exact) mass is 503 g/mol. The number of guanidine groups is 1. The minimum Gasteiger partial charge on any atom is -0.497 e. The molecular weight excluding hydrogens is 479 g/mol. The van der Waals surface area contributed by atoms with Gasteiger partial charge in [-0.15, -0.1) is 24.0 Å². The Bertz CT molecular complexity index is 790. The Morgan fingerprint density at radius 1 is 1.21 bits per heavy atom. The van der Waals surface area contributed by atoms with Crippen LogP contribution in [0.5, 0.6) is 11.5 Å². The van der Waals surface area contributed by atoms with Crippen molar-refractivity contribution in [2.24, 2.45) is 4.99 Å². The van der Waals surface area contributed by atoms with Crippen LogP contribution >= 0.6 is 24.0 Å². The number of methoxy groups -OCH3 is 1. The Morgan fingerprint density at radius 3 is 2.61 bits per heavy atom. The van der Waals surface area contributed by atoms with E-state index in [-0.39, 0.29) is 36.3 Å². The standard InChI is InChI=1S/C20H23F2N3O2.HI/c1-23-20(25-17-11-16(17)13-6-4-3-5-7-13)24-12-14-10-15(26-2)8-9-18(14)27-19(21)22;/h3-10,16-17,19H,11-12H2,1-2H3,(H2,23,24,25);1H. The number of halogens is 3. The first kappa shape index (κ1) is 22.2. The number of alkyl halides is 2. The first-order chi connectivity index (χ1) is 13.1. The molecule has 0 spiro atoms. The molecule has 2 atom stereocenters. The Morgan fingerprint density at radius 2 is 1.96 bits per heavy atom. The third-order valence-corrected chi connectivity index (χ3v) is 4.49. The molecule has 1 aliphatic rings. The van der Waals surface area contributed by atoms with E-state index in [0.717, 1.165) is 6.42 Å². The lowest BCUT2D eigenvalue weighted by molar-refractivity contribution is -0.0504. The van der Waals surface area contributed by atoms with Crippen molar-refractivity contribution in [1.29, 1.82) is 0 Å². The summed E-state index contributed by atoms with van der Waals surface area (Å²) < 4.78 is 35.0. The number of ether oxygens (including phenoxy) is 2. The van der Waals surface area contributed by atoms with Gasteiger partial charge in [0.05, 0.1) is 7.11 Å². The van der Waals surface area contributed by atoms with Gasteiger partial charge in [0.1, 0.15) is 11.5 Å². The van der Waals surface area contributed by atoms with Gasteiger partial charge in [0.25, 0.3) is 0 Å². The summed E-state index contributed by atoms with van der Waals surface area (Å²) in [5.74, 6) is 1.76. The van der Waals surface area contributed by atoms with E-state index >= 15 is 0 Å². The Labute approximate surface area is 180 Å². The van der Waals surface area contributed by atoms with Crippen LogP contribution in [-0.4, -0.2) is 32.8 Å². The molecular formula is C20H24F2IN3O2. The molecule has 2 aromatic rings. The van der Waals surface area contributed by atoms with Crippen molar-refractivity contribution in [3.63, 3.8) is 0 Å². The second kappa shape index (κ2) is 10.4. The molecule has 0 saturated heterocycles. The molecule has 152 valence electrons. The number of hydrogen-bond donors (Lipinski definition) is 2. The first-order valence-electron chi connectivity index (χ1n) is 8.74. The van der Waals surface area contributed by atoms with Gasteiger partial charge in [0.15, 0.2) is 5.96 Å². The Balaban J connectivity index is 0.00000280. The first-order valence-corrected chi connectivity index (χ1v) is 8.74. The summed E-state index contributed by atoms with van der Waals surface area (Å²) >= 11 is 0. The van der Waals surface area contributed by atoms with Crippen LogP contribution < -0.4 is 20.1 Å². The predicted molar refractivity (Wildman–Crippen MR) is 116 cm³/mol. The highest BCUT2D eigenvalue weighted by Gasteiger charge is 2.38. The average Bonchev–Trinajstić information content (AvgIpc) is 3.45. The fourth-order valence-corrected chi connectivity index (χ4v) is 3.00. The highest BCUT2D eigenvalue weighted by molar-refractivity contribution is 14.0. The van der Waals surface area contributed by atoms with E-state index in [0.29, 0.717) is 29.2 Å². The van der Waals surface area contributed by atoms with Gasteiger partial charge in [0.2, 0.25) is 0 Å².